The summed E-state index contributed by atoms with van der Waals surface area (Å²) >= 11 is 1.79. The summed E-state index contributed by atoms with van der Waals surface area (Å²) < 4.78 is 5.06. The Bertz CT molecular complexity index is 370. The molecule has 0 aliphatic rings. The van der Waals surface area contributed by atoms with Crippen LogP contribution in [-0.4, -0.2) is 31.3 Å². The van der Waals surface area contributed by atoms with Crippen LogP contribution >= 0.6 is 11.3 Å². The van der Waals surface area contributed by atoms with Gasteiger partial charge < -0.3 is 10.1 Å². The van der Waals surface area contributed by atoms with Crippen molar-refractivity contribution in [2.24, 2.45) is 5.92 Å². The highest BCUT2D eigenvalue weighted by molar-refractivity contribution is 7.09. The number of ether oxygens (including phenoxy) is 1. The molecule has 19 heavy (non-hydrogen) atoms. The van der Waals surface area contributed by atoms with Gasteiger partial charge in [-0.2, -0.15) is 0 Å². The molecular weight excluding hydrogens is 256 g/mol. The molecule has 2 atom stereocenters. The fourth-order valence-corrected chi connectivity index (χ4v) is 2.96. The van der Waals surface area contributed by atoms with E-state index in [1.165, 1.54) is 10.7 Å². The van der Waals surface area contributed by atoms with Crippen LogP contribution in [0, 0.1) is 5.92 Å². The molecular formula is C15H28N2OS. The molecule has 4 heteroatoms. The molecule has 0 aliphatic carbocycles. The molecule has 3 nitrogen and oxygen atoms in total. The molecule has 0 spiro atoms. The molecule has 1 rings (SSSR count). The molecule has 1 aromatic rings. The topological polar surface area (TPSA) is 34.1 Å². The van der Waals surface area contributed by atoms with E-state index < -0.39 is 0 Å². The zero-order chi connectivity index (χ0) is 14.5. The molecule has 0 radical (unpaired) electrons. The molecule has 1 aromatic heterocycles. The number of aromatic nitrogens is 1. The van der Waals surface area contributed by atoms with Gasteiger partial charge in [-0.3, -0.25) is 0 Å². The minimum absolute atomic E-state index is 0.153. The van der Waals surface area contributed by atoms with E-state index in [1.807, 2.05) is 0 Å². The van der Waals surface area contributed by atoms with E-state index in [0.29, 0.717) is 12.0 Å². The summed E-state index contributed by atoms with van der Waals surface area (Å²) in [4.78, 5) is 4.77. The first kappa shape index (κ1) is 16.6. The van der Waals surface area contributed by atoms with Gasteiger partial charge in [-0.05, 0) is 12.8 Å². The molecule has 1 N–H and O–H groups in total. The van der Waals surface area contributed by atoms with Crippen LogP contribution in [-0.2, 0) is 16.6 Å². The molecule has 0 bridgehead atoms. The van der Waals surface area contributed by atoms with Crippen LogP contribution in [0.15, 0.2) is 5.38 Å². The second kappa shape index (κ2) is 7.36. The molecule has 2 unspecified atom stereocenters. The predicted molar refractivity (Wildman–Crippen MR) is 83.0 cm³/mol. The monoisotopic (exact) mass is 284 g/mol. The Morgan fingerprint density at radius 3 is 2.58 bits per heavy atom. The van der Waals surface area contributed by atoms with Crippen molar-refractivity contribution in [2.75, 3.05) is 20.3 Å². The Kier molecular flexibility index (Phi) is 6.43. The Hall–Kier alpha value is -0.450. The smallest absolute Gasteiger partial charge is 0.0931 e. The third-order valence-corrected chi connectivity index (χ3v) is 4.31. The van der Waals surface area contributed by atoms with E-state index in [9.17, 15) is 0 Å². The van der Waals surface area contributed by atoms with Gasteiger partial charge in [0.25, 0.3) is 0 Å². The van der Waals surface area contributed by atoms with Gasteiger partial charge in [-0.15, -0.1) is 11.3 Å². The van der Waals surface area contributed by atoms with Crippen LogP contribution in [0.2, 0.25) is 0 Å². The quantitative estimate of drug-likeness (QED) is 0.781. The van der Waals surface area contributed by atoms with Crippen LogP contribution in [0.5, 0.6) is 0 Å². The molecule has 1 heterocycles. The number of hydrogen-bond donors (Lipinski definition) is 1. The zero-order valence-corrected chi connectivity index (χ0v) is 13.9. The van der Waals surface area contributed by atoms with Gasteiger partial charge in [0.1, 0.15) is 0 Å². The van der Waals surface area contributed by atoms with Gasteiger partial charge in [0.15, 0.2) is 0 Å². The first-order chi connectivity index (χ1) is 8.84. The Labute approximate surface area is 121 Å². The number of thiazole rings is 1. The predicted octanol–water partition coefficient (Wildman–Crippen LogP) is 3.24. The Morgan fingerprint density at radius 2 is 2.05 bits per heavy atom. The normalized spacial score (nSPS) is 15.5. The summed E-state index contributed by atoms with van der Waals surface area (Å²) in [6, 6.07) is 0.483. The average molecular weight is 284 g/mol. The summed E-state index contributed by atoms with van der Waals surface area (Å²) in [5, 5.41) is 6.94. The molecule has 0 aromatic carbocycles. The highest BCUT2D eigenvalue weighted by atomic mass is 32.1. The van der Waals surface area contributed by atoms with E-state index >= 15 is 0 Å². The summed E-state index contributed by atoms with van der Waals surface area (Å²) in [7, 11) is 1.74. The van der Waals surface area contributed by atoms with E-state index in [2.05, 4.69) is 45.3 Å². The van der Waals surface area contributed by atoms with Gasteiger partial charge >= 0.3 is 0 Å². The van der Waals surface area contributed by atoms with Gasteiger partial charge in [0, 0.05) is 36.9 Å². The summed E-state index contributed by atoms with van der Waals surface area (Å²) in [5.41, 5.74) is 1.36. The standard InChI is InChI=1S/C15H28N2OS/c1-11(12(2)16-7-8-18-6)9-14-17-13(10-19-14)15(3,4)5/h10-12,16H,7-9H2,1-6H3. The van der Waals surface area contributed by atoms with Crippen LogP contribution in [0.3, 0.4) is 0 Å². The molecule has 0 saturated heterocycles. The molecule has 110 valence electrons. The first-order valence-electron chi connectivity index (χ1n) is 7.01. The minimum Gasteiger partial charge on any atom is -0.383 e. The van der Waals surface area contributed by atoms with E-state index in [1.54, 1.807) is 18.4 Å². The van der Waals surface area contributed by atoms with Crippen molar-refractivity contribution in [1.82, 2.24) is 10.3 Å². The zero-order valence-electron chi connectivity index (χ0n) is 13.1. The van der Waals surface area contributed by atoms with Crippen LogP contribution in [0.25, 0.3) is 0 Å². The lowest BCUT2D eigenvalue weighted by Crippen LogP contribution is -2.35. The van der Waals surface area contributed by atoms with Gasteiger partial charge in [0.05, 0.1) is 17.3 Å². The fourth-order valence-electron chi connectivity index (χ4n) is 1.79. The Balaban J connectivity index is 2.47. The van der Waals surface area contributed by atoms with Crippen molar-refractivity contribution >= 4 is 11.3 Å². The SMILES string of the molecule is COCCNC(C)C(C)Cc1nc(C(C)(C)C)cs1. The maximum Gasteiger partial charge on any atom is 0.0931 e. The largest absolute Gasteiger partial charge is 0.383 e. The molecule has 0 amide bonds. The second-order valence-corrected chi connectivity index (χ2v) is 7.24. The fraction of sp³-hybridized carbons (Fsp3) is 0.800. The van der Waals surface area contributed by atoms with Gasteiger partial charge in [-0.1, -0.05) is 27.7 Å². The second-order valence-electron chi connectivity index (χ2n) is 6.29. The number of hydrogen-bond acceptors (Lipinski definition) is 4. The lowest BCUT2D eigenvalue weighted by molar-refractivity contribution is 0.192. The van der Waals surface area contributed by atoms with Gasteiger partial charge in [0.2, 0.25) is 0 Å². The van der Waals surface area contributed by atoms with E-state index in [4.69, 9.17) is 9.72 Å². The van der Waals surface area contributed by atoms with Crippen molar-refractivity contribution in [3.63, 3.8) is 0 Å². The highest BCUT2D eigenvalue weighted by Gasteiger charge is 2.19. The van der Waals surface area contributed by atoms with Crippen LogP contribution < -0.4 is 5.32 Å². The van der Waals surface area contributed by atoms with Crippen molar-refractivity contribution in [1.29, 1.82) is 0 Å². The Morgan fingerprint density at radius 1 is 1.37 bits per heavy atom. The van der Waals surface area contributed by atoms with Crippen molar-refractivity contribution in [2.45, 2.75) is 52.5 Å². The maximum absolute atomic E-state index is 5.06. The molecule has 0 aliphatic heterocycles. The molecule has 0 saturated carbocycles. The minimum atomic E-state index is 0.153. The lowest BCUT2D eigenvalue weighted by atomic mass is 9.93. The highest BCUT2D eigenvalue weighted by Crippen LogP contribution is 2.25. The number of rotatable bonds is 7. The van der Waals surface area contributed by atoms with Crippen LogP contribution in [0.1, 0.15) is 45.3 Å². The number of nitrogens with one attached hydrogen (secondary N) is 1. The maximum atomic E-state index is 5.06. The van der Waals surface area contributed by atoms with Crippen LogP contribution in [0.4, 0.5) is 0 Å². The van der Waals surface area contributed by atoms with Crippen molar-refractivity contribution in [3.05, 3.63) is 16.1 Å². The lowest BCUT2D eigenvalue weighted by Gasteiger charge is -2.20. The van der Waals surface area contributed by atoms with E-state index in [0.717, 1.165) is 19.6 Å². The third-order valence-electron chi connectivity index (χ3n) is 3.44. The van der Waals surface area contributed by atoms with Crippen molar-refractivity contribution < 1.29 is 4.74 Å². The van der Waals surface area contributed by atoms with E-state index in [-0.39, 0.29) is 5.41 Å². The van der Waals surface area contributed by atoms with Crippen molar-refractivity contribution in [3.8, 4) is 0 Å². The number of nitrogens with zero attached hydrogens (tertiary/aromatic N) is 1. The summed E-state index contributed by atoms with van der Waals surface area (Å²) in [6.07, 6.45) is 1.04. The third kappa shape index (κ3) is 5.59. The average Bonchev–Trinajstić information content (AvgIpc) is 2.77. The molecule has 0 fully saturated rings. The summed E-state index contributed by atoms with van der Waals surface area (Å²) in [6.45, 7) is 12.8. The first-order valence-corrected chi connectivity index (χ1v) is 7.89. The summed E-state index contributed by atoms with van der Waals surface area (Å²) in [5.74, 6) is 0.579. The number of methoxy groups -OCH3 is 1. The van der Waals surface area contributed by atoms with Gasteiger partial charge in [-0.25, -0.2) is 4.98 Å².